The van der Waals surface area contributed by atoms with E-state index in [2.05, 4.69) is 15.0 Å². The molecule has 3 aromatic heterocycles. The molecule has 0 unspecified atom stereocenters. The maximum atomic E-state index is 13.4. The molecule has 0 radical (unpaired) electrons. The molecule has 0 spiro atoms. The van der Waals surface area contributed by atoms with Gasteiger partial charge in [-0.25, -0.2) is 9.97 Å². The Morgan fingerprint density at radius 3 is 2.78 bits per heavy atom. The number of carbonyl (C=O) groups is 1. The molecule has 2 aliphatic rings. The van der Waals surface area contributed by atoms with E-state index in [1.165, 1.54) is 11.2 Å². The van der Waals surface area contributed by atoms with Crippen LogP contribution in [0.1, 0.15) is 63.8 Å². The predicted octanol–water partition coefficient (Wildman–Crippen LogP) is 4.83. The molecule has 1 amide bonds. The number of aromatic amines is 1. The lowest BCUT2D eigenvalue weighted by Gasteiger charge is -2.34. The van der Waals surface area contributed by atoms with Gasteiger partial charge in [-0.3, -0.25) is 4.79 Å². The third-order valence-electron chi connectivity index (χ3n) is 6.11. The van der Waals surface area contributed by atoms with Gasteiger partial charge in [0.05, 0.1) is 12.0 Å². The average Bonchev–Trinajstić information content (AvgIpc) is 3.20. The molecule has 4 heterocycles. The number of aromatic nitrogens is 3. The number of rotatable bonds is 3. The zero-order valence-corrected chi connectivity index (χ0v) is 16.6. The maximum absolute atomic E-state index is 13.4. The molecule has 7 nitrogen and oxygen atoms in total. The van der Waals surface area contributed by atoms with Crippen LogP contribution in [0.5, 0.6) is 0 Å². The molecule has 32 heavy (non-hydrogen) atoms. The predicted molar refractivity (Wildman–Crippen MR) is 105 cm³/mol. The number of H-pyrrole nitrogens is 1. The SMILES string of the molecule is O=C(c1ocnc1C(F)(F)F)N1CCc2[nH]cnc2[C@H]1c1oc2ccccc2c1C1CC1. The third kappa shape index (κ3) is 2.85. The fourth-order valence-corrected chi connectivity index (χ4v) is 4.57. The molecule has 1 aromatic carbocycles. The van der Waals surface area contributed by atoms with Crippen LogP contribution in [0, 0.1) is 0 Å². The number of furan rings is 1. The van der Waals surface area contributed by atoms with Crippen LogP contribution in [0.4, 0.5) is 13.2 Å². The first-order valence-electron chi connectivity index (χ1n) is 10.3. The molecular formula is C22H17F3N4O3. The van der Waals surface area contributed by atoms with Crippen molar-refractivity contribution < 1.29 is 26.8 Å². The number of benzene rings is 1. The fraction of sp³-hybridized carbons (Fsp3) is 0.318. The molecule has 1 saturated carbocycles. The van der Waals surface area contributed by atoms with Crippen LogP contribution in [0.25, 0.3) is 11.0 Å². The first-order valence-corrected chi connectivity index (χ1v) is 10.3. The summed E-state index contributed by atoms with van der Waals surface area (Å²) in [4.78, 5) is 25.5. The van der Waals surface area contributed by atoms with Gasteiger partial charge in [0.2, 0.25) is 5.76 Å². The van der Waals surface area contributed by atoms with Crippen molar-refractivity contribution in [2.24, 2.45) is 0 Å². The zero-order chi connectivity index (χ0) is 22.0. The highest BCUT2D eigenvalue weighted by atomic mass is 19.4. The van der Waals surface area contributed by atoms with Crippen LogP contribution in [-0.4, -0.2) is 32.3 Å². The fourth-order valence-electron chi connectivity index (χ4n) is 4.57. The van der Waals surface area contributed by atoms with E-state index in [1.54, 1.807) is 0 Å². The number of oxazole rings is 1. The Bertz CT molecular complexity index is 1330. The number of halogens is 3. The molecule has 1 aliphatic carbocycles. The number of nitrogens with zero attached hydrogens (tertiary/aromatic N) is 3. The van der Waals surface area contributed by atoms with Gasteiger partial charge in [0.25, 0.3) is 5.91 Å². The molecular weight excluding hydrogens is 425 g/mol. The van der Waals surface area contributed by atoms with Crippen molar-refractivity contribution in [3.8, 4) is 0 Å². The second-order valence-electron chi connectivity index (χ2n) is 8.10. The topological polar surface area (TPSA) is 88.2 Å². The number of fused-ring (bicyclic) bond motifs is 2. The highest BCUT2D eigenvalue weighted by molar-refractivity contribution is 5.93. The molecule has 1 atom stereocenters. The molecule has 164 valence electrons. The number of hydrogen-bond donors (Lipinski definition) is 1. The van der Waals surface area contributed by atoms with Crippen LogP contribution in [0.15, 0.2) is 45.8 Å². The standard InChI is InChI=1S/C22H17F3N4O3/c23-22(24,25)20-19(31-10-28-20)21(30)29-8-7-13-16(27-9-26-13)17(29)18-15(11-5-6-11)12-3-1-2-4-14(12)32-18/h1-4,9-11,17H,5-8H2,(H,26,27)/t17-/m0/s1. The summed E-state index contributed by atoms with van der Waals surface area (Å²) in [6.45, 7) is 0.178. The van der Waals surface area contributed by atoms with Gasteiger partial charge in [-0.15, -0.1) is 0 Å². The minimum Gasteiger partial charge on any atom is -0.458 e. The van der Waals surface area contributed by atoms with E-state index >= 15 is 0 Å². The summed E-state index contributed by atoms with van der Waals surface area (Å²) in [5, 5.41) is 0.954. The summed E-state index contributed by atoms with van der Waals surface area (Å²) in [6, 6.07) is 6.83. The first kappa shape index (κ1) is 19.1. The van der Waals surface area contributed by atoms with Crippen molar-refractivity contribution in [3.63, 3.8) is 0 Å². The third-order valence-corrected chi connectivity index (χ3v) is 6.11. The van der Waals surface area contributed by atoms with E-state index in [-0.39, 0.29) is 12.5 Å². The second-order valence-corrected chi connectivity index (χ2v) is 8.10. The molecule has 1 aliphatic heterocycles. The number of imidazole rings is 1. The lowest BCUT2D eigenvalue weighted by Crippen LogP contribution is -2.41. The minimum absolute atomic E-state index is 0.178. The van der Waals surface area contributed by atoms with E-state index in [1.807, 2.05) is 24.3 Å². The Balaban J connectivity index is 1.52. The van der Waals surface area contributed by atoms with Crippen molar-refractivity contribution in [2.45, 2.75) is 37.4 Å². The highest BCUT2D eigenvalue weighted by Crippen LogP contribution is 2.50. The summed E-state index contributed by atoms with van der Waals surface area (Å²) < 4.78 is 51.4. The number of carbonyl (C=O) groups excluding carboxylic acids is 1. The average molecular weight is 442 g/mol. The van der Waals surface area contributed by atoms with Gasteiger partial charge in [-0.2, -0.15) is 13.2 Å². The monoisotopic (exact) mass is 442 g/mol. The number of nitrogens with one attached hydrogen (secondary N) is 1. The quantitative estimate of drug-likeness (QED) is 0.491. The van der Waals surface area contributed by atoms with E-state index in [9.17, 15) is 18.0 Å². The van der Waals surface area contributed by atoms with Crippen LogP contribution in [0.2, 0.25) is 0 Å². The Labute approximate surface area is 179 Å². The summed E-state index contributed by atoms with van der Waals surface area (Å²) in [5.74, 6) is -0.893. The molecule has 1 fully saturated rings. The molecule has 4 aromatic rings. The second kappa shape index (κ2) is 6.72. The smallest absolute Gasteiger partial charge is 0.437 e. The minimum atomic E-state index is -4.81. The van der Waals surface area contributed by atoms with Gasteiger partial charge in [-0.05, 0) is 24.8 Å². The van der Waals surface area contributed by atoms with Crippen molar-refractivity contribution in [3.05, 3.63) is 71.2 Å². The normalized spacial score (nSPS) is 18.8. The van der Waals surface area contributed by atoms with Crippen molar-refractivity contribution in [1.82, 2.24) is 19.9 Å². The van der Waals surface area contributed by atoms with Gasteiger partial charge >= 0.3 is 6.18 Å². The van der Waals surface area contributed by atoms with Crippen LogP contribution in [-0.2, 0) is 12.6 Å². The van der Waals surface area contributed by atoms with Crippen LogP contribution >= 0.6 is 0 Å². The molecule has 1 N–H and O–H groups in total. The van der Waals surface area contributed by atoms with E-state index < -0.39 is 29.6 Å². The van der Waals surface area contributed by atoms with Crippen molar-refractivity contribution in [1.29, 1.82) is 0 Å². The van der Waals surface area contributed by atoms with Gasteiger partial charge in [-0.1, -0.05) is 18.2 Å². The van der Waals surface area contributed by atoms with Gasteiger partial charge < -0.3 is 18.7 Å². The maximum Gasteiger partial charge on any atom is 0.437 e. The van der Waals surface area contributed by atoms with Crippen molar-refractivity contribution >= 4 is 16.9 Å². The summed E-state index contributed by atoms with van der Waals surface area (Å²) in [6.07, 6.45) is -0.228. The molecule has 0 saturated heterocycles. The number of amides is 1. The Kier molecular flexibility index (Phi) is 4.02. The summed E-state index contributed by atoms with van der Waals surface area (Å²) >= 11 is 0. The van der Waals surface area contributed by atoms with Gasteiger partial charge in [0.1, 0.15) is 17.4 Å². The van der Waals surface area contributed by atoms with E-state index in [0.29, 0.717) is 29.9 Å². The Morgan fingerprint density at radius 1 is 1.19 bits per heavy atom. The summed E-state index contributed by atoms with van der Waals surface area (Å²) in [7, 11) is 0. The van der Waals surface area contributed by atoms with Crippen LogP contribution < -0.4 is 0 Å². The molecule has 0 bridgehead atoms. The number of para-hydroxylation sites is 1. The lowest BCUT2D eigenvalue weighted by molar-refractivity contribution is -0.141. The highest BCUT2D eigenvalue weighted by Gasteiger charge is 2.46. The largest absolute Gasteiger partial charge is 0.458 e. The number of hydrogen-bond acceptors (Lipinski definition) is 5. The Morgan fingerprint density at radius 2 is 2.00 bits per heavy atom. The first-order chi connectivity index (χ1) is 15.4. The summed E-state index contributed by atoms with van der Waals surface area (Å²) in [5.41, 5.74) is 1.73. The van der Waals surface area contributed by atoms with E-state index in [0.717, 1.165) is 29.5 Å². The van der Waals surface area contributed by atoms with Crippen molar-refractivity contribution in [2.75, 3.05) is 6.54 Å². The zero-order valence-electron chi connectivity index (χ0n) is 16.6. The Hall–Kier alpha value is -3.56. The molecule has 6 rings (SSSR count). The number of alkyl halides is 3. The van der Waals surface area contributed by atoms with Crippen LogP contribution in [0.3, 0.4) is 0 Å². The molecule has 10 heteroatoms. The lowest BCUT2D eigenvalue weighted by atomic mass is 9.94. The van der Waals surface area contributed by atoms with Gasteiger partial charge in [0, 0.05) is 29.6 Å². The van der Waals surface area contributed by atoms with E-state index in [4.69, 9.17) is 8.83 Å². The van der Waals surface area contributed by atoms with Gasteiger partial charge in [0.15, 0.2) is 12.1 Å².